The van der Waals surface area contributed by atoms with E-state index in [1.807, 2.05) is 25.7 Å². The normalized spacial score (nSPS) is 19.7. The van der Waals surface area contributed by atoms with Gasteiger partial charge in [0.25, 0.3) is 0 Å². The van der Waals surface area contributed by atoms with Crippen molar-refractivity contribution in [2.75, 3.05) is 6.54 Å². The van der Waals surface area contributed by atoms with Gasteiger partial charge >= 0.3 is 6.09 Å². The van der Waals surface area contributed by atoms with Gasteiger partial charge in [-0.15, -0.1) is 11.5 Å². The highest BCUT2D eigenvalue weighted by atomic mass is 28.3. The maximum absolute atomic E-state index is 12.3. The molecule has 1 amide bonds. The van der Waals surface area contributed by atoms with Gasteiger partial charge in [0.15, 0.2) is 0 Å². The molecule has 1 rings (SSSR count). The summed E-state index contributed by atoms with van der Waals surface area (Å²) in [4.78, 5) is 14.2. The summed E-state index contributed by atoms with van der Waals surface area (Å²) in [6, 6.07) is 0.296. The molecule has 0 N–H and O–H groups in total. The Morgan fingerprint density at radius 3 is 2.52 bits per heavy atom. The van der Waals surface area contributed by atoms with Crippen LogP contribution in [0.2, 0.25) is 19.6 Å². The average molecular weight is 310 g/mol. The van der Waals surface area contributed by atoms with Gasteiger partial charge in [0, 0.05) is 19.0 Å². The largest absolute Gasteiger partial charge is 0.444 e. The van der Waals surface area contributed by atoms with Crippen LogP contribution in [0.5, 0.6) is 0 Å². The lowest BCUT2D eigenvalue weighted by atomic mass is 9.98. The second-order valence-electron chi connectivity index (χ2n) is 7.91. The summed E-state index contributed by atoms with van der Waals surface area (Å²) in [5.74, 6) is 3.31. The van der Waals surface area contributed by atoms with Crippen molar-refractivity contribution in [2.24, 2.45) is 0 Å². The molecule has 0 aromatic rings. The molecule has 21 heavy (non-hydrogen) atoms. The zero-order valence-electron chi connectivity index (χ0n) is 14.6. The fourth-order valence-corrected chi connectivity index (χ4v) is 3.08. The van der Waals surface area contributed by atoms with E-state index in [9.17, 15) is 4.79 Å². The van der Waals surface area contributed by atoms with Gasteiger partial charge in [-0.25, -0.2) is 4.79 Å². The number of likely N-dealkylation sites (tertiary alicyclic amines) is 1. The highest BCUT2D eigenvalue weighted by molar-refractivity contribution is 6.83. The fraction of sp³-hybridized carbons (Fsp3) is 0.824. The van der Waals surface area contributed by atoms with Crippen LogP contribution in [-0.4, -0.2) is 37.3 Å². The minimum Gasteiger partial charge on any atom is -0.444 e. The van der Waals surface area contributed by atoms with Gasteiger partial charge in [-0.3, -0.25) is 0 Å². The molecule has 0 saturated carbocycles. The molecule has 1 aliphatic heterocycles. The number of carbonyl (C=O) groups excluding carboxylic acids is 1. The molecular weight excluding hydrogens is 278 g/mol. The number of nitrogens with zero attached hydrogens (tertiary/aromatic N) is 1. The summed E-state index contributed by atoms with van der Waals surface area (Å²) in [5, 5.41) is 0. The molecule has 1 fully saturated rings. The topological polar surface area (TPSA) is 29.5 Å². The summed E-state index contributed by atoms with van der Waals surface area (Å²) in [5.41, 5.74) is 2.98. The summed E-state index contributed by atoms with van der Waals surface area (Å²) in [7, 11) is -1.28. The molecule has 1 aliphatic rings. The third-order valence-electron chi connectivity index (χ3n) is 3.32. The highest BCUT2D eigenvalue weighted by Crippen LogP contribution is 2.23. The Kier molecular flexibility index (Phi) is 6.34. The van der Waals surface area contributed by atoms with Gasteiger partial charge in [0.2, 0.25) is 0 Å². The van der Waals surface area contributed by atoms with Crippen LogP contribution in [0, 0.1) is 11.5 Å². The summed E-state index contributed by atoms with van der Waals surface area (Å²) in [6.45, 7) is 13.4. The van der Waals surface area contributed by atoms with E-state index in [0.29, 0.717) is 6.04 Å². The molecule has 0 radical (unpaired) electrons. The Morgan fingerprint density at radius 2 is 1.95 bits per heavy atom. The maximum Gasteiger partial charge on any atom is 0.410 e. The van der Waals surface area contributed by atoms with Gasteiger partial charge in [0.05, 0.1) is 0 Å². The molecule has 0 aromatic heterocycles. The van der Waals surface area contributed by atoms with E-state index in [4.69, 9.17) is 4.74 Å². The lowest BCUT2D eigenvalue weighted by Crippen LogP contribution is -2.46. The van der Waals surface area contributed by atoms with Crippen LogP contribution in [0.25, 0.3) is 0 Å². The monoisotopic (exact) mass is 309 g/mol. The Bertz CT molecular complexity index is 409. The summed E-state index contributed by atoms with van der Waals surface area (Å²) >= 11 is 0. The third kappa shape index (κ3) is 7.57. The Hall–Kier alpha value is -0.953. The molecule has 0 bridgehead atoms. The molecule has 3 nitrogen and oxygen atoms in total. The zero-order chi connectivity index (χ0) is 16.1. The van der Waals surface area contributed by atoms with Gasteiger partial charge in [-0.2, -0.15) is 0 Å². The van der Waals surface area contributed by atoms with Crippen molar-refractivity contribution in [3.63, 3.8) is 0 Å². The maximum atomic E-state index is 12.3. The molecular formula is C17H31NO2Si. The number of hydrogen-bond donors (Lipinski definition) is 0. The minimum atomic E-state index is -1.28. The average Bonchev–Trinajstić information content (AvgIpc) is 2.32. The number of ether oxygens (including phenoxy) is 1. The fourth-order valence-electron chi connectivity index (χ4n) is 2.43. The predicted molar refractivity (Wildman–Crippen MR) is 90.9 cm³/mol. The van der Waals surface area contributed by atoms with E-state index in [-0.39, 0.29) is 6.09 Å². The van der Waals surface area contributed by atoms with Crippen LogP contribution in [0.3, 0.4) is 0 Å². The van der Waals surface area contributed by atoms with E-state index < -0.39 is 13.7 Å². The molecule has 0 aliphatic carbocycles. The van der Waals surface area contributed by atoms with Crippen molar-refractivity contribution >= 4 is 14.2 Å². The van der Waals surface area contributed by atoms with E-state index >= 15 is 0 Å². The first-order valence-electron chi connectivity index (χ1n) is 8.08. The van der Waals surface area contributed by atoms with Crippen molar-refractivity contribution in [3.05, 3.63) is 0 Å². The smallest absolute Gasteiger partial charge is 0.410 e. The SMILES string of the molecule is CC(C)(C)OC(=O)N1CCCCC1CCC#C[Si](C)(C)C. The number of hydrogen-bond acceptors (Lipinski definition) is 2. The van der Waals surface area contributed by atoms with Gasteiger partial charge in [-0.05, 0) is 46.5 Å². The van der Waals surface area contributed by atoms with Crippen molar-refractivity contribution in [2.45, 2.75) is 84.2 Å². The molecule has 1 heterocycles. The first kappa shape index (κ1) is 18.1. The second kappa shape index (κ2) is 7.35. The number of amides is 1. The van der Waals surface area contributed by atoms with Crippen LogP contribution < -0.4 is 0 Å². The number of carbonyl (C=O) groups is 1. The minimum absolute atomic E-state index is 0.162. The summed E-state index contributed by atoms with van der Waals surface area (Å²) in [6.07, 6.45) is 5.05. The van der Waals surface area contributed by atoms with E-state index in [1.54, 1.807) is 0 Å². The van der Waals surface area contributed by atoms with Crippen LogP contribution in [0.4, 0.5) is 4.79 Å². The predicted octanol–water partition coefficient (Wildman–Crippen LogP) is 4.44. The molecule has 4 heteroatoms. The number of piperidine rings is 1. The quantitative estimate of drug-likeness (QED) is 0.557. The van der Waals surface area contributed by atoms with Crippen molar-refractivity contribution in [1.82, 2.24) is 4.90 Å². The van der Waals surface area contributed by atoms with Crippen molar-refractivity contribution < 1.29 is 9.53 Å². The summed E-state index contributed by atoms with van der Waals surface area (Å²) < 4.78 is 5.53. The van der Waals surface area contributed by atoms with Gasteiger partial charge < -0.3 is 9.64 Å². The van der Waals surface area contributed by atoms with Crippen molar-refractivity contribution in [1.29, 1.82) is 0 Å². The molecule has 120 valence electrons. The zero-order valence-corrected chi connectivity index (χ0v) is 15.6. The first-order chi connectivity index (χ1) is 9.58. The molecule has 0 aromatic carbocycles. The van der Waals surface area contributed by atoms with Crippen LogP contribution in [0.1, 0.15) is 52.9 Å². The Labute approximate surface area is 131 Å². The third-order valence-corrected chi connectivity index (χ3v) is 4.25. The lowest BCUT2D eigenvalue weighted by molar-refractivity contribution is 0.00905. The molecule has 0 spiro atoms. The van der Waals surface area contributed by atoms with Gasteiger partial charge in [-0.1, -0.05) is 19.6 Å². The second-order valence-corrected chi connectivity index (χ2v) is 12.7. The highest BCUT2D eigenvalue weighted by Gasteiger charge is 2.29. The van der Waals surface area contributed by atoms with E-state index in [0.717, 1.165) is 32.2 Å². The van der Waals surface area contributed by atoms with Crippen LogP contribution >= 0.6 is 0 Å². The Morgan fingerprint density at radius 1 is 1.29 bits per heavy atom. The first-order valence-corrected chi connectivity index (χ1v) is 11.6. The van der Waals surface area contributed by atoms with Crippen LogP contribution in [-0.2, 0) is 4.74 Å². The van der Waals surface area contributed by atoms with E-state index in [2.05, 4.69) is 31.1 Å². The molecule has 1 unspecified atom stereocenters. The number of rotatable bonds is 2. The van der Waals surface area contributed by atoms with Gasteiger partial charge in [0.1, 0.15) is 13.7 Å². The lowest BCUT2D eigenvalue weighted by Gasteiger charge is -2.36. The molecule has 1 atom stereocenters. The Balaban J connectivity index is 2.57. The van der Waals surface area contributed by atoms with Crippen molar-refractivity contribution in [3.8, 4) is 11.5 Å². The van der Waals surface area contributed by atoms with Crippen LogP contribution in [0.15, 0.2) is 0 Å². The van der Waals surface area contributed by atoms with E-state index in [1.165, 1.54) is 6.42 Å². The molecule has 1 saturated heterocycles. The standard InChI is InChI=1S/C17H31NO2Si/c1-17(2,3)20-16(19)18-13-9-7-11-15(18)12-8-10-14-21(4,5)6/h15H,7-9,11-13H2,1-6H3.